The van der Waals surface area contributed by atoms with E-state index in [1.165, 1.54) is 12.0 Å². The molecule has 26 heavy (non-hydrogen) atoms. The maximum Gasteiger partial charge on any atom is 0.223 e. The fourth-order valence-electron chi connectivity index (χ4n) is 3.60. The molecule has 1 N–H and O–H groups in total. The number of rotatable bonds is 7. The minimum absolute atomic E-state index is 0.221. The predicted octanol–water partition coefficient (Wildman–Crippen LogP) is 2.93. The molecule has 1 atom stereocenters. The van der Waals surface area contributed by atoms with Gasteiger partial charge in [0.2, 0.25) is 5.91 Å². The Labute approximate surface area is 155 Å². The number of carbonyl (C=O) groups is 1. The Balaban J connectivity index is 1.46. The van der Waals surface area contributed by atoms with Crippen LogP contribution in [0.5, 0.6) is 5.75 Å². The summed E-state index contributed by atoms with van der Waals surface area (Å²) in [4.78, 5) is 18.8. The van der Waals surface area contributed by atoms with E-state index < -0.39 is 0 Å². The summed E-state index contributed by atoms with van der Waals surface area (Å²) in [6, 6.07) is 8.26. The number of aryl methyl sites for hydroxylation is 3. The zero-order valence-corrected chi connectivity index (χ0v) is 15.7. The molecule has 1 amide bonds. The fraction of sp³-hybridized carbons (Fsp3) is 0.550. The quantitative estimate of drug-likeness (QED) is 0.828. The van der Waals surface area contributed by atoms with E-state index in [-0.39, 0.29) is 5.91 Å². The second-order valence-corrected chi connectivity index (χ2v) is 7.08. The number of benzene rings is 1. The van der Waals surface area contributed by atoms with Crippen molar-refractivity contribution in [2.45, 2.75) is 45.4 Å². The van der Waals surface area contributed by atoms with Crippen LogP contribution in [0.1, 0.15) is 42.9 Å². The first-order valence-corrected chi connectivity index (χ1v) is 9.42. The van der Waals surface area contributed by atoms with E-state index in [0.29, 0.717) is 18.8 Å². The van der Waals surface area contributed by atoms with Crippen LogP contribution in [0.15, 0.2) is 24.3 Å². The highest BCUT2D eigenvalue weighted by Crippen LogP contribution is 2.23. The molecule has 6 nitrogen and oxygen atoms in total. The zero-order chi connectivity index (χ0) is 18.4. The molecule has 1 aliphatic heterocycles. The average molecular weight is 356 g/mol. The SMILES string of the molecule is COc1cccc(CC[C@H]2CCCN(C(=O)CCc3n[nH]c(C)n3)C2)c1. The summed E-state index contributed by atoms with van der Waals surface area (Å²) in [6.45, 7) is 3.62. The Morgan fingerprint density at radius 3 is 3.04 bits per heavy atom. The Morgan fingerprint density at radius 2 is 2.27 bits per heavy atom. The Kier molecular flexibility index (Phi) is 6.26. The maximum atomic E-state index is 12.5. The largest absolute Gasteiger partial charge is 0.497 e. The molecule has 0 spiro atoms. The highest BCUT2D eigenvalue weighted by Gasteiger charge is 2.23. The van der Waals surface area contributed by atoms with Gasteiger partial charge in [-0.1, -0.05) is 12.1 Å². The summed E-state index contributed by atoms with van der Waals surface area (Å²) >= 11 is 0. The monoisotopic (exact) mass is 356 g/mol. The molecular formula is C20H28N4O2. The normalized spacial score (nSPS) is 17.3. The molecule has 1 saturated heterocycles. The molecule has 1 fully saturated rings. The number of nitrogens with zero attached hydrogens (tertiary/aromatic N) is 3. The van der Waals surface area contributed by atoms with Crippen molar-refractivity contribution in [1.82, 2.24) is 20.1 Å². The van der Waals surface area contributed by atoms with Crippen LogP contribution in [-0.2, 0) is 17.6 Å². The lowest BCUT2D eigenvalue weighted by Gasteiger charge is -2.33. The van der Waals surface area contributed by atoms with Crippen LogP contribution in [-0.4, -0.2) is 46.2 Å². The minimum Gasteiger partial charge on any atom is -0.497 e. The van der Waals surface area contributed by atoms with Crippen molar-refractivity contribution >= 4 is 5.91 Å². The smallest absolute Gasteiger partial charge is 0.223 e. The molecule has 3 rings (SSSR count). The third-order valence-electron chi connectivity index (χ3n) is 5.05. The van der Waals surface area contributed by atoms with Gasteiger partial charge in [-0.3, -0.25) is 9.89 Å². The number of aromatic nitrogens is 3. The summed E-state index contributed by atoms with van der Waals surface area (Å²) in [5.41, 5.74) is 1.30. The van der Waals surface area contributed by atoms with Gasteiger partial charge in [0.25, 0.3) is 0 Å². The molecule has 1 aromatic heterocycles. The Morgan fingerprint density at radius 1 is 1.38 bits per heavy atom. The summed E-state index contributed by atoms with van der Waals surface area (Å²) in [5, 5.41) is 6.93. The third-order valence-corrected chi connectivity index (χ3v) is 5.05. The number of likely N-dealkylation sites (tertiary alicyclic amines) is 1. The average Bonchev–Trinajstić information content (AvgIpc) is 3.10. The van der Waals surface area contributed by atoms with Crippen molar-refractivity contribution in [3.8, 4) is 5.75 Å². The summed E-state index contributed by atoms with van der Waals surface area (Å²) in [7, 11) is 1.70. The van der Waals surface area contributed by atoms with E-state index in [0.717, 1.165) is 49.8 Å². The van der Waals surface area contributed by atoms with Gasteiger partial charge in [0.1, 0.15) is 11.6 Å². The molecule has 0 bridgehead atoms. The number of H-pyrrole nitrogens is 1. The van der Waals surface area contributed by atoms with Crippen LogP contribution < -0.4 is 4.74 Å². The van der Waals surface area contributed by atoms with Crippen LogP contribution in [0.2, 0.25) is 0 Å². The van der Waals surface area contributed by atoms with E-state index >= 15 is 0 Å². The number of amides is 1. The number of aromatic amines is 1. The van der Waals surface area contributed by atoms with Gasteiger partial charge in [0, 0.05) is 25.9 Å². The number of methoxy groups -OCH3 is 1. The van der Waals surface area contributed by atoms with Gasteiger partial charge in [0.15, 0.2) is 5.82 Å². The van der Waals surface area contributed by atoms with Crippen molar-refractivity contribution in [3.63, 3.8) is 0 Å². The van der Waals surface area contributed by atoms with Crippen molar-refractivity contribution in [3.05, 3.63) is 41.5 Å². The van der Waals surface area contributed by atoms with E-state index in [4.69, 9.17) is 4.74 Å². The van der Waals surface area contributed by atoms with Gasteiger partial charge < -0.3 is 9.64 Å². The number of ether oxygens (including phenoxy) is 1. The molecule has 140 valence electrons. The predicted molar refractivity (Wildman–Crippen MR) is 100 cm³/mol. The number of piperidine rings is 1. The van der Waals surface area contributed by atoms with Crippen LogP contribution in [0.3, 0.4) is 0 Å². The summed E-state index contributed by atoms with van der Waals surface area (Å²) < 4.78 is 5.29. The highest BCUT2D eigenvalue weighted by molar-refractivity contribution is 5.76. The van der Waals surface area contributed by atoms with E-state index in [1.54, 1.807) is 7.11 Å². The van der Waals surface area contributed by atoms with E-state index in [1.807, 2.05) is 24.0 Å². The molecule has 1 aliphatic rings. The van der Waals surface area contributed by atoms with E-state index in [9.17, 15) is 4.79 Å². The summed E-state index contributed by atoms with van der Waals surface area (Å²) in [6.07, 6.45) is 5.52. The van der Waals surface area contributed by atoms with E-state index in [2.05, 4.69) is 27.3 Å². The maximum absolute atomic E-state index is 12.5. The number of hydrogen-bond donors (Lipinski definition) is 1. The molecule has 1 aromatic carbocycles. The fourth-order valence-corrected chi connectivity index (χ4v) is 3.60. The van der Waals surface area contributed by atoms with Gasteiger partial charge in [-0.25, -0.2) is 4.98 Å². The molecule has 0 saturated carbocycles. The molecule has 0 aliphatic carbocycles. The van der Waals surface area contributed by atoms with Crippen LogP contribution in [0.4, 0.5) is 0 Å². The van der Waals surface area contributed by atoms with Gasteiger partial charge >= 0.3 is 0 Å². The van der Waals surface area contributed by atoms with Gasteiger partial charge in [-0.2, -0.15) is 5.10 Å². The van der Waals surface area contributed by atoms with Crippen molar-refractivity contribution in [2.24, 2.45) is 5.92 Å². The first-order chi connectivity index (χ1) is 12.6. The molecule has 2 aromatic rings. The Hall–Kier alpha value is -2.37. The lowest BCUT2D eigenvalue weighted by atomic mass is 9.91. The molecule has 0 unspecified atom stereocenters. The molecule has 2 heterocycles. The molecule has 0 radical (unpaired) electrons. The Bertz CT molecular complexity index is 728. The first kappa shape index (κ1) is 18.4. The summed E-state index contributed by atoms with van der Waals surface area (Å²) in [5.74, 6) is 3.22. The highest BCUT2D eigenvalue weighted by atomic mass is 16.5. The van der Waals surface area contributed by atoms with Gasteiger partial charge in [0.05, 0.1) is 7.11 Å². The molecule has 6 heteroatoms. The molecular weight excluding hydrogens is 328 g/mol. The number of carbonyl (C=O) groups excluding carboxylic acids is 1. The van der Waals surface area contributed by atoms with Gasteiger partial charge in [-0.05, 0) is 56.2 Å². The lowest BCUT2D eigenvalue weighted by molar-refractivity contribution is -0.133. The first-order valence-electron chi connectivity index (χ1n) is 9.42. The lowest BCUT2D eigenvalue weighted by Crippen LogP contribution is -2.40. The van der Waals surface area contributed by atoms with Gasteiger partial charge in [-0.15, -0.1) is 0 Å². The number of nitrogens with one attached hydrogen (secondary N) is 1. The standard InChI is InChI=1S/C20H28N4O2/c1-15-21-19(23-22-15)10-11-20(25)24-12-4-6-17(14-24)9-8-16-5-3-7-18(13-16)26-2/h3,5,7,13,17H,4,6,8-12,14H2,1-2H3,(H,21,22,23)/t17-/m1/s1. The van der Waals surface area contributed by atoms with Crippen LogP contribution in [0, 0.1) is 12.8 Å². The topological polar surface area (TPSA) is 71.1 Å². The third kappa shape index (κ3) is 5.07. The van der Waals surface area contributed by atoms with Crippen LogP contribution >= 0.6 is 0 Å². The zero-order valence-electron chi connectivity index (χ0n) is 15.7. The van der Waals surface area contributed by atoms with Crippen LogP contribution in [0.25, 0.3) is 0 Å². The van der Waals surface area contributed by atoms with Crippen molar-refractivity contribution in [1.29, 1.82) is 0 Å². The second-order valence-electron chi connectivity index (χ2n) is 7.08. The second kappa shape index (κ2) is 8.83. The van der Waals surface area contributed by atoms with Crippen molar-refractivity contribution < 1.29 is 9.53 Å². The van der Waals surface area contributed by atoms with Crippen molar-refractivity contribution in [2.75, 3.05) is 20.2 Å². The minimum atomic E-state index is 0.221. The number of hydrogen-bond acceptors (Lipinski definition) is 4.